The van der Waals surface area contributed by atoms with E-state index in [1.807, 2.05) is 97.1 Å². The molecule has 0 atom stereocenters. The minimum atomic E-state index is 0.618. The summed E-state index contributed by atoms with van der Waals surface area (Å²) in [6.45, 7) is 2.13. The van der Waals surface area contributed by atoms with Crippen molar-refractivity contribution in [3.63, 3.8) is 0 Å². The highest BCUT2D eigenvalue weighted by Crippen LogP contribution is 2.36. The van der Waals surface area contributed by atoms with E-state index in [9.17, 15) is 0 Å². The van der Waals surface area contributed by atoms with Gasteiger partial charge in [-0.3, -0.25) is 4.57 Å². The number of nitrogens with zero attached hydrogens (tertiary/aromatic N) is 6. The molecule has 3 aromatic heterocycles. The molecule has 0 saturated heterocycles. The van der Waals surface area contributed by atoms with Crippen LogP contribution in [0.5, 0.6) is 0 Å². The zero-order chi connectivity index (χ0) is 33.4. The summed E-state index contributed by atoms with van der Waals surface area (Å²) in [6, 6.07) is 55.7. The second-order valence-corrected chi connectivity index (χ2v) is 12.3. The quantitative estimate of drug-likeness (QED) is 0.181. The van der Waals surface area contributed by atoms with E-state index in [0.29, 0.717) is 23.3 Å². The first kappa shape index (κ1) is 29.4. The highest BCUT2D eigenvalue weighted by molar-refractivity contribution is 6.10. The van der Waals surface area contributed by atoms with Gasteiger partial charge < -0.3 is 0 Å². The number of hydrogen-bond acceptors (Lipinski definition) is 5. The summed E-state index contributed by atoms with van der Waals surface area (Å²) in [5.41, 5.74) is 8.92. The standard InChI is InChI=1S/C44H30N6/c1-29-22-24-38-35(26-29)36-27-34(44-48-42(32-18-10-4-11-19-32)47-43(49-44)33-20-12-5-13-21-33)23-25-39(36)50(38)40-28-37(30-14-6-2-7-15-30)45-41(46-40)31-16-8-3-9-17-31/h2-28H,1H3. The van der Waals surface area contributed by atoms with Crippen LogP contribution in [0.4, 0.5) is 0 Å². The Morgan fingerprint density at radius 2 is 0.800 bits per heavy atom. The van der Waals surface area contributed by atoms with Crippen LogP contribution in [0.3, 0.4) is 0 Å². The van der Waals surface area contributed by atoms with Gasteiger partial charge in [0.2, 0.25) is 0 Å². The maximum atomic E-state index is 5.18. The molecule has 0 spiro atoms. The summed E-state index contributed by atoms with van der Waals surface area (Å²) in [5, 5.41) is 2.22. The topological polar surface area (TPSA) is 69.4 Å². The Kier molecular flexibility index (Phi) is 7.25. The Morgan fingerprint density at radius 1 is 0.360 bits per heavy atom. The van der Waals surface area contributed by atoms with Gasteiger partial charge in [0.25, 0.3) is 0 Å². The fourth-order valence-electron chi connectivity index (χ4n) is 6.48. The Hall–Kier alpha value is -6.79. The third-order valence-electron chi connectivity index (χ3n) is 8.92. The van der Waals surface area contributed by atoms with E-state index in [1.54, 1.807) is 0 Å². The Balaban J connectivity index is 1.27. The van der Waals surface area contributed by atoms with E-state index in [0.717, 1.165) is 61.1 Å². The van der Waals surface area contributed by atoms with E-state index < -0.39 is 0 Å². The maximum absolute atomic E-state index is 5.18. The van der Waals surface area contributed by atoms with E-state index in [2.05, 4.69) is 78.2 Å². The van der Waals surface area contributed by atoms with Gasteiger partial charge >= 0.3 is 0 Å². The summed E-state index contributed by atoms with van der Waals surface area (Å²) < 4.78 is 2.24. The summed E-state index contributed by atoms with van der Waals surface area (Å²) in [6.07, 6.45) is 0. The normalized spacial score (nSPS) is 11.3. The molecule has 0 bridgehead atoms. The minimum Gasteiger partial charge on any atom is -0.294 e. The smallest absolute Gasteiger partial charge is 0.164 e. The largest absolute Gasteiger partial charge is 0.294 e. The lowest BCUT2D eigenvalue weighted by Gasteiger charge is -2.12. The lowest BCUT2D eigenvalue weighted by Crippen LogP contribution is -2.02. The van der Waals surface area contributed by atoms with Crippen LogP contribution in [0.1, 0.15) is 5.56 Å². The van der Waals surface area contributed by atoms with Gasteiger partial charge in [0.1, 0.15) is 5.82 Å². The number of hydrogen-bond donors (Lipinski definition) is 0. The lowest BCUT2D eigenvalue weighted by atomic mass is 10.1. The number of aromatic nitrogens is 6. The second kappa shape index (κ2) is 12.3. The molecule has 50 heavy (non-hydrogen) atoms. The third kappa shape index (κ3) is 5.39. The zero-order valence-corrected chi connectivity index (χ0v) is 27.3. The summed E-state index contributed by atoms with van der Waals surface area (Å²) in [5.74, 6) is 3.36. The molecule has 6 aromatic carbocycles. The average Bonchev–Trinajstić information content (AvgIpc) is 3.51. The second-order valence-electron chi connectivity index (χ2n) is 12.3. The lowest BCUT2D eigenvalue weighted by molar-refractivity contribution is 1.05. The molecule has 3 heterocycles. The molecule has 0 fully saturated rings. The van der Waals surface area contributed by atoms with Crippen LogP contribution in [-0.2, 0) is 0 Å². The highest BCUT2D eigenvalue weighted by Gasteiger charge is 2.19. The monoisotopic (exact) mass is 642 g/mol. The minimum absolute atomic E-state index is 0.618. The van der Waals surface area contributed by atoms with Gasteiger partial charge in [-0.25, -0.2) is 24.9 Å². The number of fused-ring (bicyclic) bond motifs is 3. The maximum Gasteiger partial charge on any atom is 0.164 e. The van der Waals surface area contributed by atoms with Gasteiger partial charge in [-0.15, -0.1) is 0 Å². The van der Waals surface area contributed by atoms with Gasteiger partial charge in [0.05, 0.1) is 16.7 Å². The van der Waals surface area contributed by atoms with Crippen molar-refractivity contribution in [3.8, 4) is 62.6 Å². The molecule has 9 aromatic rings. The summed E-state index contributed by atoms with van der Waals surface area (Å²) >= 11 is 0. The van der Waals surface area contributed by atoms with Crippen molar-refractivity contribution in [2.45, 2.75) is 6.92 Å². The van der Waals surface area contributed by atoms with Crippen LogP contribution in [0.25, 0.3) is 84.4 Å². The molecule has 0 aliphatic carbocycles. The third-order valence-corrected chi connectivity index (χ3v) is 8.92. The van der Waals surface area contributed by atoms with Crippen molar-refractivity contribution in [3.05, 3.63) is 169 Å². The summed E-state index contributed by atoms with van der Waals surface area (Å²) in [7, 11) is 0. The van der Waals surface area contributed by atoms with Crippen molar-refractivity contribution < 1.29 is 0 Å². The SMILES string of the molecule is Cc1ccc2c(c1)c1cc(-c3nc(-c4ccccc4)nc(-c4ccccc4)n3)ccc1n2-c1cc(-c2ccccc2)nc(-c2ccccc2)n1. The van der Waals surface area contributed by atoms with Gasteiger partial charge in [0.15, 0.2) is 23.3 Å². The van der Waals surface area contributed by atoms with E-state index in [4.69, 9.17) is 24.9 Å². The number of rotatable bonds is 6. The Morgan fingerprint density at radius 3 is 1.34 bits per heavy atom. The predicted molar refractivity (Wildman–Crippen MR) is 202 cm³/mol. The number of aryl methyl sites for hydroxylation is 1. The molecular formula is C44H30N6. The molecule has 0 unspecified atom stereocenters. The molecule has 0 saturated carbocycles. The van der Waals surface area contributed by atoms with Crippen molar-refractivity contribution in [1.82, 2.24) is 29.5 Å². The van der Waals surface area contributed by atoms with Gasteiger partial charge in [-0.05, 0) is 37.3 Å². The fourth-order valence-corrected chi connectivity index (χ4v) is 6.48. The molecule has 0 N–H and O–H groups in total. The molecule has 0 aliphatic rings. The van der Waals surface area contributed by atoms with Crippen molar-refractivity contribution in [1.29, 1.82) is 0 Å². The number of benzene rings is 6. The van der Waals surface area contributed by atoms with Crippen LogP contribution >= 0.6 is 0 Å². The van der Waals surface area contributed by atoms with Gasteiger partial charge in [-0.1, -0.05) is 133 Å². The molecule has 0 amide bonds. The molecule has 6 nitrogen and oxygen atoms in total. The van der Waals surface area contributed by atoms with E-state index in [-0.39, 0.29) is 0 Å². The molecule has 6 heteroatoms. The Bertz CT molecular complexity index is 2520. The molecule has 0 aliphatic heterocycles. The first-order valence-corrected chi connectivity index (χ1v) is 16.6. The van der Waals surface area contributed by atoms with Crippen LogP contribution in [0.2, 0.25) is 0 Å². The Labute approximate surface area is 289 Å². The van der Waals surface area contributed by atoms with Crippen molar-refractivity contribution in [2.75, 3.05) is 0 Å². The average molecular weight is 643 g/mol. The molecule has 236 valence electrons. The van der Waals surface area contributed by atoms with E-state index >= 15 is 0 Å². The zero-order valence-electron chi connectivity index (χ0n) is 27.3. The van der Waals surface area contributed by atoms with Gasteiger partial charge in [0, 0.05) is 44.7 Å². The van der Waals surface area contributed by atoms with Crippen molar-refractivity contribution in [2.24, 2.45) is 0 Å². The van der Waals surface area contributed by atoms with E-state index in [1.165, 1.54) is 5.56 Å². The first-order chi connectivity index (χ1) is 24.7. The summed E-state index contributed by atoms with van der Waals surface area (Å²) in [4.78, 5) is 25.1. The first-order valence-electron chi connectivity index (χ1n) is 16.6. The van der Waals surface area contributed by atoms with Gasteiger partial charge in [-0.2, -0.15) is 0 Å². The van der Waals surface area contributed by atoms with Crippen molar-refractivity contribution >= 4 is 21.8 Å². The molecule has 0 radical (unpaired) electrons. The van der Waals surface area contributed by atoms with Crippen LogP contribution in [-0.4, -0.2) is 29.5 Å². The van der Waals surface area contributed by atoms with Crippen LogP contribution < -0.4 is 0 Å². The van der Waals surface area contributed by atoms with Crippen LogP contribution in [0, 0.1) is 6.92 Å². The predicted octanol–water partition coefficient (Wildman–Crippen LogP) is 10.4. The highest BCUT2D eigenvalue weighted by atomic mass is 15.1. The molecule has 9 rings (SSSR count). The fraction of sp³-hybridized carbons (Fsp3) is 0.0227. The molecular weight excluding hydrogens is 613 g/mol. The van der Waals surface area contributed by atoms with Crippen LogP contribution in [0.15, 0.2) is 164 Å².